The number of nitrogens with zero attached hydrogens (tertiary/aromatic N) is 1. The van der Waals surface area contributed by atoms with Gasteiger partial charge in [0.25, 0.3) is 0 Å². The number of rotatable bonds is 11. The van der Waals surface area contributed by atoms with Gasteiger partial charge in [-0.3, -0.25) is 4.99 Å². The van der Waals surface area contributed by atoms with E-state index in [1.165, 1.54) is 0 Å². The van der Waals surface area contributed by atoms with Crippen molar-refractivity contribution in [3.8, 4) is 11.5 Å². The molecule has 0 fully saturated rings. The molecule has 8 heteroatoms. The summed E-state index contributed by atoms with van der Waals surface area (Å²) >= 11 is 6.29. The normalized spacial score (nSPS) is 13.5. The van der Waals surface area contributed by atoms with Crippen molar-refractivity contribution in [2.45, 2.75) is 19.8 Å². The molecule has 0 saturated heterocycles. The number of hydrogen-bond acceptors (Lipinski definition) is 5. The van der Waals surface area contributed by atoms with Crippen molar-refractivity contribution in [3.63, 3.8) is 0 Å². The van der Waals surface area contributed by atoms with Gasteiger partial charge in [-0.15, -0.1) is 0 Å². The Labute approximate surface area is 166 Å². The average molecular weight is 400 g/mol. The number of fused-ring (bicyclic) bond motifs is 1. The molecule has 2 rings (SSSR count). The van der Waals surface area contributed by atoms with Crippen molar-refractivity contribution in [1.29, 1.82) is 0 Å². The van der Waals surface area contributed by atoms with E-state index in [4.69, 9.17) is 30.5 Å². The smallest absolute Gasteiger partial charge is 0.191 e. The van der Waals surface area contributed by atoms with E-state index in [1.54, 1.807) is 7.11 Å². The zero-order valence-electron chi connectivity index (χ0n) is 16.2. The Bertz CT molecular complexity index is 599. The highest BCUT2D eigenvalue weighted by molar-refractivity contribution is 6.32. The van der Waals surface area contributed by atoms with Gasteiger partial charge in [-0.1, -0.05) is 11.6 Å². The molecule has 0 spiro atoms. The molecule has 0 aromatic heterocycles. The second kappa shape index (κ2) is 12.6. The minimum atomic E-state index is 0.535. The Morgan fingerprint density at radius 1 is 1.19 bits per heavy atom. The highest BCUT2D eigenvalue weighted by atomic mass is 35.5. The third kappa shape index (κ3) is 7.82. The molecule has 1 heterocycles. The molecular formula is C19H30ClN3O4. The van der Waals surface area contributed by atoms with Crippen LogP contribution in [0.2, 0.25) is 5.02 Å². The summed E-state index contributed by atoms with van der Waals surface area (Å²) in [5.74, 6) is 2.16. The minimum Gasteiger partial charge on any atom is -0.486 e. The van der Waals surface area contributed by atoms with E-state index in [0.717, 1.165) is 43.2 Å². The number of nitrogens with one attached hydrogen (secondary N) is 2. The van der Waals surface area contributed by atoms with Crippen molar-refractivity contribution in [1.82, 2.24) is 10.6 Å². The molecule has 0 atom stereocenters. The lowest BCUT2D eigenvalue weighted by atomic mass is 10.1. The van der Waals surface area contributed by atoms with E-state index < -0.39 is 0 Å². The molecule has 1 aliphatic heterocycles. The quantitative estimate of drug-likeness (QED) is 0.338. The number of benzene rings is 1. The molecule has 2 N–H and O–H groups in total. The van der Waals surface area contributed by atoms with E-state index in [2.05, 4.69) is 15.6 Å². The lowest BCUT2D eigenvalue weighted by Gasteiger charge is -2.20. The zero-order valence-corrected chi connectivity index (χ0v) is 16.9. The number of guanidine groups is 1. The van der Waals surface area contributed by atoms with Crippen LogP contribution in [0.25, 0.3) is 0 Å². The summed E-state index contributed by atoms with van der Waals surface area (Å²) in [7, 11) is 1.67. The Morgan fingerprint density at radius 3 is 2.85 bits per heavy atom. The van der Waals surface area contributed by atoms with Crippen molar-refractivity contribution < 1.29 is 18.9 Å². The van der Waals surface area contributed by atoms with Crippen LogP contribution in [-0.2, 0) is 15.9 Å². The third-order valence-electron chi connectivity index (χ3n) is 3.86. The minimum absolute atomic E-state index is 0.535. The number of aliphatic imine (C=N–C) groups is 1. The van der Waals surface area contributed by atoms with Crippen LogP contribution in [0.5, 0.6) is 11.5 Å². The summed E-state index contributed by atoms with van der Waals surface area (Å²) in [5.41, 5.74) is 1.10. The monoisotopic (exact) mass is 399 g/mol. The van der Waals surface area contributed by atoms with Gasteiger partial charge in [0.2, 0.25) is 0 Å². The molecule has 152 valence electrons. The summed E-state index contributed by atoms with van der Waals surface area (Å²) in [6.45, 7) is 7.32. The van der Waals surface area contributed by atoms with Crippen LogP contribution < -0.4 is 20.1 Å². The molecule has 0 aliphatic carbocycles. The van der Waals surface area contributed by atoms with Gasteiger partial charge in [-0.2, -0.15) is 0 Å². The average Bonchev–Trinajstić information content (AvgIpc) is 2.67. The van der Waals surface area contributed by atoms with Crippen LogP contribution in [0, 0.1) is 0 Å². The molecule has 0 bridgehead atoms. The molecule has 27 heavy (non-hydrogen) atoms. The van der Waals surface area contributed by atoms with Crippen LogP contribution in [-0.4, -0.2) is 65.7 Å². The zero-order chi connectivity index (χ0) is 19.3. The van der Waals surface area contributed by atoms with E-state index >= 15 is 0 Å². The van der Waals surface area contributed by atoms with Crippen molar-refractivity contribution in [2.24, 2.45) is 4.99 Å². The first-order valence-corrected chi connectivity index (χ1v) is 9.79. The predicted octanol–water partition coefficient (Wildman–Crippen LogP) is 2.26. The van der Waals surface area contributed by atoms with E-state index in [-0.39, 0.29) is 0 Å². The van der Waals surface area contributed by atoms with Gasteiger partial charge in [-0.05, 0) is 37.5 Å². The van der Waals surface area contributed by atoms with Crippen molar-refractivity contribution >= 4 is 17.6 Å². The van der Waals surface area contributed by atoms with Gasteiger partial charge in [0.15, 0.2) is 17.5 Å². The first-order valence-electron chi connectivity index (χ1n) is 9.41. The Hall–Kier alpha value is -1.70. The summed E-state index contributed by atoms with van der Waals surface area (Å²) in [6.07, 6.45) is 1.68. The number of hydrogen-bond donors (Lipinski definition) is 2. The summed E-state index contributed by atoms with van der Waals surface area (Å²) in [4.78, 5) is 4.56. The molecule has 0 unspecified atom stereocenters. The van der Waals surface area contributed by atoms with E-state index in [0.29, 0.717) is 50.4 Å². The fraction of sp³-hybridized carbons (Fsp3) is 0.632. The van der Waals surface area contributed by atoms with Crippen LogP contribution in [0.1, 0.15) is 18.9 Å². The summed E-state index contributed by atoms with van der Waals surface area (Å²) < 4.78 is 21.6. The Kier molecular flexibility index (Phi) is 10.1. The van der Waals surface area contributed by atoms with Gasteiger partial charge in [-0.25, -0.2) is 0 Å². The van der Waals surface area contributed by atoms with Crippen molar-refractivity contribution in [2.75, 3.05) is 59.8 Å². The van der Waals surface area contributed by atoms with E-state index in [1.807, 2.05) is 19.1 Å². The first-order chi connectivity index (χ1) is 13.2. The highest BCUT2D eigenvalue weighted by Crippen LogP contribution is 2.38. The fourth-order valence-corrected chi connectivity index (χ4v) is 2.87. The molecule has 0 saturated carbocycles. The molecule has 0 radical (unpaired) electrons. The Morgan fingerprint density at radius 2 is 2.04 bits per heavy atom. The summed E-state index contributed by atoms with van der Waals surface area (Å²) in [6, 6.07) is 3.92. The first kappa shape index (κ1) is 21.6. The topological polar surface area (TPSA) is 73.3 Å². The van der Waals surface area contributed by atoms with Crippen molar-refractivity contribution in [3.05, 3.63) is 22.7 Å². The molecule has 1 aromatic carbocycles. The second-order valence-corrected chi connectivity index (χ2v) is 6.41. The van der Waals surface area contributed by atoms with Crippen LogP contribution in [0.4, 0.5) is 0 Å². The van der Waals surface area contributed by atoms with E-state index in [9.17, 15) is 0 Å². The largest absolute Gasteiger partial charge is 0.486 e. The van der Waals surface area contributed by atoms with Gasteiger partial charge >= 0.3 is 0 Å². The molecule has 1 aliphatic rings. The summed E-state index contributed by atoms with van der Waals surface area (Å²) in [5, 5.41) is 7.19. The molecule has 1 aromatic rings. The predicted molar refractivity (Wildman–Crippen MR) is 107 cm³/mol. The lowest BCUT2D eigenvalue weighted by Crippen LogP contribution is -2.38. The lowest BCUT2D eigenvalue weighted by molar-refractivity contribution is 0.0702. The Balaban J connectivity index is 1.75. The molecule has 7 nitrogen and oxygen atoms in total. The highest BCUT2D eigenvalue weighted by Gasteiger charge is 2.16. The van der Waals surface area contributed by atoms with Crippen LogP contribution >= 0.6 is 11.6 Å². The van der Waals surface area contributed by atoms with Gasteiger partial charge in [0.1, 0.15) is 13.2 Å². The van der Waals surface area contributed by atoms with Crippen LogP contribution in [0.3, 0.4) is 0 Å². The third-order valence-corrected chi connectivity index (χ3v) is 4.14. The van der Waals surface area contributed by atoms with Gasteiger partial charge in [0, 0.05) is 33.4 Å². The standard InChI is InChI=1S/C19H30ClN3O4/c1-3-21-19(22-6-4-8-25-10-9-24-2)23-7-5-15-13-16(20)18-17(14-15)26-11-12-27-18/h13-14H,3-12H2,1-2H3,(H2,21,22,23). The number of halogens is 1. The number of ether oxygens (including phenoxy) is 4. The van der Waals surface area contributed by atoms with Gasteiger partial charge in [0.05, 0.1) is 18.2 Å². The van der Waals surface area contributed by atoms with Gasteiger partial charge < -0.3 is 29.6 Å². The maximum atomic E-state index is 6.29. The molecule has 0 amide bonds. The maximum absolute atomic E-state index is 6.29. The second-order valence-electron chi connectivity index (χ2n) is 6.00. The number of methoxy groups -OCH3 is 1. The molecular weight excluding hydrogens is 370 g/mol. The maximum Gasteiger partial charge on any atom is 0.191 e. The SMILES string of the molecule is CCNC(=NCCCOCCOC)NCCc1cc(Cl)c2c(c1)OCCO2. The van der Waals surface area contributed by atoms with Crippen LogP contribution in [0.15, 0.2) is 17.1 Å². The fourth-order valence-electron chi connectivity index (χ4n) is 2.58.